The number of unbranched alkanes of at least 4 members (excludes halogenated alkanes) is 28. The van der Waals surface area contributed by atoms with Crippen LogP contribution >= 0.6 is 7.82 Å². The fourth-order valence-electron chi connectivity index (χ4n) is 6.54. The highest BCUT2D eigenvalue weighted by molar-refractivity contribution is 7.47. The van der Waals surface area contributed by atoms with Gasteiger partial charge < -0.3 is 18.9 Å². The van der Waals surface area contributed by atoms with Gasteiger partial charge in [0.1, 0.15) is 19.8 Å². The largest absolute Gasteiger partial charge is 0.472 e. The van der Waals surface area contributed by atoms with Gasteiger partial charge in [0.15, 0.2) is 6.10 Å². The summed E-state index contributed by atoms with van der Waals surface area (Å²) in [4.78, 5) is 35.4. The Hall–Kier alpha value is -0.990. The first-order valence-electron chi connectivity index (χ1n) is 22.8. The van der Waals surface area contributed by atoms with Crippen LogP contribution in [0.1, 0.15) is 219 Å². The summed E-state index contributed by atoms with van der Waals surface area (Å²) in [7, 11) is 1.49. The second-order valence-corrected chi connectivity index (χ2v) is 18.3. The van der Waals surface area contributed by atoms with Crippen molar-refractivity contribution in [1.82, 2.24) is 0 Å². The number of nitrogens with zero attached hydrogens (tertiary/aromatic N) is 1. The monoisotopic (exact) mass is 791 g/mol. The molecule has 0 fully saturated rings. The van der Waals surface area contributed by atoms with E-state index in [1.165, 1.54) is 154 Å². The van der Waals surface area contributed by atoms with Crippen molar-refractivity contribution in [3.8, 4) is 0 Å². The number of ether oxygens (including phenoxy) is 2. The topological polar surface area (TPSA) is 108 Å². The third-order valence-corrected chi connectivity index (χ3v) is 11.1. The van der Waals surface area contributed by atoms with E-state index in [1.807, 2.05) is 21.1 Å². The first kappa shape index (κ1) is 53.0. The van der Waals surface area contributed by atoms with Gasteiger partial charge in [0, 0.05) is 12.8 Å². The Kier molecular flexibility index (Phi) is 36.9. The quantitative estimate of drug-likeness (QED) is 0.0282. The summed E-state index contributed by atoms with van der Waals surface area (Å²) >= 11 is 0. The van der Waals surface area contributed by atoms with E-state index in [2.05, 4.69) is 13.8 Å². The Balaban J connectivity index is 4.30. The molecule has 0 saturated carbocycles. The first-order chi connectivity index (χ1) is 26.0. The molecule has 0 aromatic rings. The highest BCUT2D eigenvalue weighted by Crippen LogP contribution is 2.43. The molecule has 0 heterocycles. The van der Waals surface area contributed by atoms with Crippen LogP contribution < -0.4 is 0 Å². The van der Waals surface area contributed by atoms with Crippen LogP contribution in [-0.2, 0) is 32.7 Å². The van der Waals surface area contributed by atoms with Crippen molar-refractivity contribution in [1.29, 1.82) is 0 Å². The van der Waals surface area contributed by atoms with E-state index >= 15 is 0 Å². The zero-order valence-electron chi connectivity index (χ0n) is 36.2. The molecule has 54 heavy (non-hydrogen) atoms. The fraction of sp³-hybridized carbons (Fsp3) is 0.955. The number of hydrogen-bond donors (Lipinski definition) is 1. The molecule has 0 saturated heterocycles. The summed E-state index contributed by atoms with van der Waals surface area (Å²) in [6, 6.07) is 0. The Bertz CT molecular complexity index is 896. The standard InChI is InChI=1S/C44H88NO8P/c1-6-8-10-12-14-16-18-20-22-24-26-28-30-32-34-36-43(46)50-40-42(41-52-54(48,49)51-39-38-45(3,4)5)53-44(47)37-35-33-31-29-27-25-23-21-19-17-15-13-11-9-7-2/h42H,6-41H2,1-5H3/p+1/t42-/m0/s1. The summed E-state index contributed by atoms with van der Waals surface area (Å²) in [5.74, 6) is -0.782. The summed E-state index contributed by atoms with van der Waals surface area (Å²) in [5.41, 5.74) is 0. The van der Waals surface area contributed by atoms with Crippen molar-refractivity contribution in [3.63, 3.8) is 0 Å². The molecule has 2 atom stereocenters. The second-order valence-electron chi connectivity index (χ2n) is 16.8. The zero-order chi connectivity index (χ0) is 40.0. The van der Waals surface area contributed by atoms with Gasteiger partial charge in [0.2, 0.25) is 0 Å². The van der Waals surface area contributed by atoms with Crippen LogP contribution in [0.3, 0.4) is 0 Å². The molecular formula is C44H89NO8P+. The molecule has 322 valence electrons. The zero-order valence-corrected chi connectivity index (χ0v) is 37.1. The third kappa shape index (κ3) is 40.7. The van der Waals surface area contributed by atoms with Crippen molar-refractivity contribution >= 4 is 19.8 Å². The molecule has 0 aliphatic rings. The maximum atomic E-state index is 12.7. The number of phosphoric acid groups is 1. The Labute approximate surface area is 334 Å². The molecule has 0 rings (SSSR count). The molecule has 0 aromatic heterocycles. The van der Waals surface area contributed by atoms with E-state index in [0.29, 0.717) is 17.4 Å². The molecule has 0 amide bonds. The number of rotatable bonds is 42. The van der Waals surface area contributed by atoms with E-state index in [-0.39, 0.29) is 25.6 Å². The predicted octanol–water partition coefficient (Wildman–Crippen LogP) is 12.8. The van der Waals surface area contributed by atoms with Crippen LogP contribution in [0.5, 0.6) is 0 Å². The smallest absolute Gasteiger partial charge is 0.462 e. The lowest BCUT2D eigenvalue weighted by Crippen LogP contribution is -2.37. The first-order valence-corrected chi connectivity index (χ1v) is 24.3. The Morgan fingerprint density at radius 2 is 0.833 bits per heavy atom. The number of carbonyl (C=O) groups excluding carboxylic acids is 2. The average molecular weight is 791 g/mol. The molecule has 10 heteroatoms. The minimum Gasteiger partial charge on any atom is -0.462 e. The predicted molar refractivity (Wildman–Crippen MR) is 225 cm³/mol. The van der Waals surface area contributed by atoms with Crippen molar-refractivity contribution in [3.05, 3.63) is 0 Å². The highest BCUT2D eigenvalue weighted by Gasteiger charge is 2.27. The molecule has 9 nitrogen and oxygen atoms in total. The normalized spacial score (nSPS) is 13.5. The van der Waals surface area contributed by atoms with Gasteiger partial charge in [-0.25, -0.2) is 4.57 Å². The Morgan fingerprint density at radius 3 is 1.19 bits per heavy atom. The van der Waals surface area contributed by atoms with E-state index in [1.54, 1.807) is 0 Å². The van der Waals surface area contributed by atoms with Crippen LogP contribution in [0.2, 0.25) is 0 Å². The maximum Gasteiger partial charge on any atom is 0.472 e. The van der Waals surface area contributed by atoms with Crippen molar-refractivity contribution in [2.75, 3.05) is 47.5 Å². The minimum absolute atomic E-state index is 0.0369. The summed E-state index contributed by atoms with van der Waals surface area (Å²) in [5, 5.41) is 0. The molecule has 0 aliphatic heterocycles. The summed E-state index contributed by atoms with van der Waals surface area (Å²) < 4.78 is 34.3. The lowest BCUT2D eigenvalue weighted by Gasteiger charge is -2.24. The number of carbonyl (C=O) groups is 2. The number of hydrogen-bond acceptors (Lipinski definition) is 7. The fourth-order valence-corrected chi connectivity index (χ4v) is 7.29. The Morgan fingerprint density at radius 1 is 0.500 bits per heavy atom. The summed E-state index contributed by atoms with van der Waals surface area (Å²) in [6.45, 7) is 4.46. The number of phosphoric ester groups is 1. The van der Waals surface area contributed by atoms with Gasteiger partial charge in [-0.15, -0.1) is 0 Å². The van der Waals surface area contributed by atoms with Crippen molar-refractivity contribution in [2.45, 2.75) is 225 Å². The second kappa shape index (κ2) is 37.6. The van der Waals surface area contributed by atoms with E-state index in [9.17, 15) is 19.0 Å². The lowest BCUT2D eigenvalue weighted by molar-refractivity contribution is -0.870. The van der Waals surface area contributed by atoms with Crippen LogP contribution in [0, 0.1) is 0 Å². The van der Waals surface area contributed by atoms with Crippen molar-refractivity contribution in [2.24, 2.45) is 0 Å². The lowest BCUT2D eigenvalue weighted by atomic mass is 10.0. The molecule has 0 spiro atoms. The highest BCUT2D eigenvalue weighted by atomic mass is 31.2. The molecule has 1 N–H and O–H groups in total. The van der Waals surface area contributed by atoms with Crippen molar-refractivity contribution < 1.29 is 42.1 Å². The number of quaternary nitrogens is 1. The molecule has 0 aliphatic carbocycles. The van der Waals surface area contributed by atoms with E-state index < -0.39 is 26.5 Å². The van der Waals surface area contributed by atoms with Gasteiger partial charge in [-0.3, -0.25) is 18.6 Å². The molecule has 0 bridgehead atoms. The van der Waals surface area contributed by atoms with Gasteiger partial charge in [-0.1, -0.05) is 194 Å². The molecule has 0 radical (unpaired) electrons. The third-order valence-electron chi connectivity index (χ3n) is 10.1. The minimum atomic E-state index is -4.37. The maximum absolute atomic E-state index is 12.7. The van der Waals surface area contributed by atoms with Gasteiger partial charge in [-0.2, -0.15) is 0 Å². The molecule has 0 aromatic carbocycles. The van der Waals surface area contributed by atoms with Crippen LogP contribution in [0.25, 0.3) is 0 Å². The van der Waals surface area contributed by atoms with Crippen LogP contribution in [0.4, 0.5) is 0 Å². The van der Waals surface area contributed by atoms with E-state index in [0.717, 1.165) is 38.5 Å². The number of likely N-dealkylation sites (N-methyl/N-ethyl adjacent to an activating group) is 1. The van der Waals surface area contributed by atoms with Gasteiger partial charge in [0.05, 0.1) is 27.7 Å². The average Bonchev–Trinajstić information content (AvgIpc) is 3.12. The SMILES string of the molecule is CCCCCCCCCCCCCCCCCC(=O)OC[C@@H](COP(=O)(O)OCC[N+](C)(C)C)OC(=O)CCCCCCCCCCCCCCCCC. The summed E-state index contributed by atoms with van der Waals surface area (Å²) in [6.07, 6.45) is 37.1. The molecule has 1 unspecified atom stereocenters. The number of esters is 2. The molecular weight excluding hydrogens is 701 g/mol. The van der Waals surface area contributed by atoms with Gasteiger partial charge in [0.25, 0.3) is 0 Å². The van der Waals surface area contributed by atoms with Gasteiger partial charge in [-0.05, 0) is 12.8 Å². The van der Waals surface area contributed by atoms with Gasteiger partial charge >= 0.3 is 19.8 Å². The van der Waals surface area contributed by atoms with Crippen LogP contribution in [0.15, 0.2) is 0 Å². The van der Waals surface area contributed by atoms with Crippen LogP contribution in [-0.4, -0.2) is 74.9 Å². The van der Waals surface area contributed by atoms with E-state index in [4.69, 9.17) is 18.5 Å².